The number of aromatic nitrogens is 2. The van der Waals surface area contributed by atoms with Gasteiger partial charge < -0.3 is 21.0 Å². The second-order valence-electron chi connectivity index (χ2n) is 4.78. The number of nitrogens with two attached hydrogens (primary N) is 1. The highest BCUT2D eigenvalue weighted by Crippen LogP contribution is 2.21. The molecule has 18 heavy (non-hydrogen) atoms. The molecule has 2 aromatic rings. The van der Waals surface area contributed by atoms with Crippen LogP contribution in [0.25, 0.3) is 11.0 Å². The van der Waals surface area contributed by atoms with E-state index >= 15 is 0 Å². The van der Waals surface area contributed by atoms with Crippen molar-refractivity contribution in [2.75, 3.05) is 7.05 Å². The monoisotopic (exact) mass is 248 g/mol. The third-order valence-corrected chi connectivity index (χ3v) is 3.20. The molecule has 0 aliphatic heterocycles. The highest BCUT2D eigenvalue weighted by atomic mass is 16.1. The SMILES string of the molecule is CNC(CCC(C)N)c1ccc2[nH]c(=O)[nH]c2c1. The average Bonchev–Trinajstić information content (AvgIpc) is 2.68. The fourth-order valence-electron chi connectivity index (χ4n) is 2.17. The Kier molecular flexibility index (Phi) is 3.84. The summed E-state index contributed by atoms with van der Waals surface area (Å²) in [6.07, 6.45) is 1.95. The first-order chi connectivity index (χ1) is 8.60. The molecule has 98 valence electrons. The Labute approximate surface area is 106 Å². The highest BCUT2D eigenvalue weighted by Gasteiger charge is 2.11. The van der Waals surface area contributed by atoms with Crippen molar-refractivity contribution in [3.63, 3.8) is 0 Å². The van der Waals surface area contributed by atoms with Crippen LogP contribution in [0.15, 0.2) is 23.0 Å². The van der Waals surface area contributed by atoms with Crippen molar-refractivity contribution in [2.45, 2.75) is 31.8 Å². The van der Waals surface area contributed by atoms with Crippen LogP contribution in [0.3, 0.4) is 0 Å². The summed E-state index contributed by atoms with van der Waals surface area (Å²) >= 11 is 0. The second-order valence-corrected chi connectivity index (χ2v) is 4.78. The van der Waals surface area contributed by atoms with Gasteiger partial charge in [0.05, 0.1) is 11.0 Å². The minimum absolute atomic E-state index is 0.168. The fourth-order valence-corrected chi connectivity index (χ4v) is 2.17. The van der Waals surface area contributed by atoms with E-state index in [1.807, 2.05) is 32.2 Å². The van der Waals surface area contributed by atoms with Crippen molar-refractivity contribution in [3.05, 3.63) is 34.2 Å². The molecule has 0 amide bonds. The lowest BCUT2D eigenvalue weighted by Gasteiger charge is -2.17. The summed E-state index contributed by atoms with van der Waals surface area (Å²) in [5.74, 6) is 0. The van der Waals surface area contributed by atoms with Crippen molar-refractivity contribution >= 4 is 11.0 Å². The van der Waals surface area contributed by atoms with Gasteiger partial charge in [0.15, 0.2) is 0 Å². The number of aromatic amines is 2. The van der Waals surface area contributed by atoms with Crippen molar-refractivity contribution in [2.24, 2.45) is 5.73 Å². The van der Waals surface area contributed by atoms with E-state index in [1.165, 1.54) is 5.56 Å². The van der Waals surface area contributed by atoms with E-state index in [1.54, 1.807) is 0 Å². The fraction of sp³-hybridized carbons (Fsp3) is 0.462. The molecule has 0 bridgehead atoms. The Bertz CT molecular complexity index is 570. The highest BCUT2D eigenvalue weighted by molar-refractivity contribution is 5.75. The summed E-state index contributed by atoms with van der Waals surface area (Å²) in [5, 5.41) is 3.29. The molecular weight excluding hydrogens is 228 g/mol. The van der Waals surface area contributed by atoms with Crippen LogP contribution in [0, 0.1) is 0 Å². The number of H-pyrrole nitrogens is 2. The standard InChI is InChI=1S/C13H20N4O/c1-8(14)3-5-10(15-2)9-4-6-11-12(7-9)17-13(18)16-11/h4,6-8,10,15H,3,5,14H2,1-2H3,(H2,16,17,18). The van der Waals surface area contributed by atoms with Gasteiger partial charge in [0.25, 0.3) is 0 Å². The van der Waals surface area contributed by atoms with Crippen molar-refractivity contribution in [1.29, 1.82) is 0 Å². The molecule has 5 heteroatoms. The van der Waals surface area contributed by atoms with E-state index in [-0.39, 0.29) is 17.8 Å². The van der Waals surface area contributed by atoms with Gasteiger partial charge in [0.1, 0.15) is 0 Å². The minimum Gasteiger partial charge on any atom is -0.328 e. The van der Waals surface area contributed by atoms with Gasteiger partial charge >= 0.3 is 5.69 Å². The lowest BCUT2D eigenvalue weighted by molar-refractivity contribution is 0.497. The molecule has 5 N–H and O–H groups in total. The van der Waals surface area contributed by atoms with Crippen LogP contribution in [0.2, 0.25) is 0 Å². The summed E-state index contributed by atoms with van der Waals surface area (Å²) in [7, 11) is 1.94. The Morgan fingerprint density at radius 1 is 1.28 bits per heavy atom. The van der Waals surface area contributed by atoms with E-state index in [2.05, 4.69) is 15.3 Å². The second kappa shape index (κ2) is 5.37. The van der Waals surface area contributed by atoms with Crippen LogP contribution in [0.1, 0.15) is 31.4 Å². The summed E-state index contributed by atoms with van der Waals surface area (Å²) in [4.78, 5) is 16.7. The Balaban J connectivity index is 2.24. The van der Waals surface area contributed by atoms with E-state index < -0.39 is 0 Å². The van der Waals surface area contributed by atoms with Gasteiger partial charge in [-0.05, 0) is 44.5 Å². The van der Waals surface area contributed by atoms with Crippen LogP contribution >= 0.6 is 0 Å². The van der Waals surface area contributed by atoms with Gasteiger partial charge in [-0.3, -0.25) is 0 Å². The molecule has 5 nitrogen and oxygen atoms in total. The van der Waals surface area contributed by atoms with Crippen LogP contribution in [0.4, 0.5) is 0 Å². The molecule has 0 spiro atoms. The molecule has 0 aliphatic rings. The molecule has 0 radical (unpaired) electrons. The number of imidazole rings is 1. The predicted molar refractivity (Wildman–Crippen MR) is 73.6 cm³/mol. The smallest absolute Gasteiger partial charge is 0.323 e. The number of nitrogens with one attached hydrogen (secondary N) is 3. The summed E-state index contributed by atoms with van der Waals surface area (Å²) in [5.41, 5.74) is 8.47. The normalized spacial score (nSPS) is 14.8. The number of benzene rings is 1. The maximum Gasteiger partial charge on any atom is 0.323 e. The minimum atomic E-state index is -0.168. The zero-order valence-corrected chi connectivity index (χ0v) is 10.8. The predicted octanol–water partition coefficient (Wildman–Crippen LogP) is 1.24. The number of rotatable bonds is 5. The molecule has 2 unspecified atom stereocenters. The van der Waals surface area contributed by atoms with Gasteiger partial charge in [-0.2, -0.15) is 0 Å². The first-order valence-corrected chi connectivity index (χ1v) is 6.25. The number of hydrogen-bond donors (Lipinski definition) is 4. The van der Waals surface area contributed by atoms with E-state index in [4.69, 9.17) is 5.73 Å². The lowest BCUT2D eigenvalue weighted by atomic mass is 10.00. The zero-order valence-electron chi connectivity index (χ0n) is 10.8. The van der Waals surface area contributed by atoms with Crippen molar-refractivity contribution in [1.82, 2.24) is 15.3 Å². The van der Waals surface area contributed by atoms with Gasteiger partial charge in [-0.15, -0.1) is 0 Å². The molecule has 1 heterocycles. The first-order valence-electron chi connectivity index (χ1n) is 6.25. The topological polar surface area (TPSA) is 86.7 Å². The average molecular weight is 248 g/mol. The van der Waals surface area contributed by atoms with Crippen LogP contribution in [0.5, 0.6) is 0 Å². The Hall–Kier alpha value is -1.59. The first kappa shape index (κ1) is 12.9. The maximum atomic E-state index is 11.2. The quantitative estimate of drug-likeness (QED) is 0.642. The Morgan fingerprint density at radius 3 is 2.67 bits per heavy atom. The summed E-state index contributed by atoms with van der Waals surface area (Å²) in [6.45, 7) is 2.01. The van der Waals surface area contributed by atoms with Gasteiger partial charge in [0.2, 0.25) is 0 Å². The largest absolute Gasteiger partial charge is 0.328 e. The molecule has 0 fully saturated rings. The van der Waals surface area contributed by atoms with E-state index in [0.717, 1.165) is 23.9 Å². The molecule has 0 saturated carbocycles. The number of hydrogen-bond acceptors (Lipinski definition) is 3. The Morgan fingerprint density at radius 2 is 2.00 bits per heavy atom. The van der Waals surface area contributed by atoms with Crippen molar-refractivity contribution < 1.29 is 0 Å². The lowest BCUT2D eigenvalue weighted by Crippen LogP contribution is -2.21. The van der Waals surface area contributed by atoms with Gasteiger partial charge in [-0.25, -0.2) is 4.79 Å². The molecule has 1 aromatic heterocycles. The molecular formula is C13H20N4O. The zero-order chi connectivity index (χ0) is 13.1. The molecule has 2 rings (SSSR count). The molecule has 2 atom stereocenters. The van der Waals surface area contributed by atoms with E-state index in [0.29, 0.717) is 0 Å². The third kappa shape index (κ3) is 2.80. The van der Waals surface area contributed by atoms with Crippen LogP contribution in [-0.4, -0.2) is 23.1 Å². The molecule has 1 aromatic carbocycles. The maximum absolute atomic E-state index is 11.2. The summed E-state index contributed by atoms with van der Waals surface area (Å²) in [6, 6.07) is 6.44. The van der Waals surface area contributed by atoms with Crippen LogP contribution < -0.4 is 16.7 Å². The summed E-state index contributed by atoms with van der Waals surface area (Å²) < 4.78 is 0. The van der Waals surface area contributed by atoms with Gasteiger partial charge in [-0.1, -0.05) is 6.07 Å². The number of fused-ring (bicyclic) bond motifs is 1. The molecule has 0 saturated heterocycles. The third-order valence-electron chi connectivity index (χ3n) is 3.20. The van der Waals surface area contributed by atoms with E-state index in [9.17, 15) is 4.79 Å². The molecule has 0 aliphatic carbocycles. The van der Waals surface area contributed by atoms with Gasteiger partial charge in [0, 0.05) is 12.1 Å². The van der Waals surface area contributed by atoms with Crippen molar-refractivity contribution in [3.8, 4) is 0 Å². The van der Waals surface area contributed by atoms with Crippen LogP contribution in [-0.2, 0) is 0 Å².